The first-order valence-electron chi connectivity index (χ1n) is 7.89. The molecule has 0 amide bonds. The highest BCUT2D eigenvalue weighted by Gasteiger charge is 2.28. The second kappa shape index (κ2) is 6.24. The van der Waals surface area contributed by atoms with Gasteiger partial charge in [-0.1, -0.05) is 25.1 Å². The number of benzene rings is 1. The van der Waals surface area contributed by atoms with Gasteiger partial charge in [0.25, 0.3) is 0 Å². The number of fused-ring (bicyclic) bond motifs is 1. The van der Waals surface area contributed by atoms with Gasteiger partial charge in [-0.25, -0.2) is 8.42 Å². The molecule has 0 saturated heterocycles. The maximum absolute atomic E-state index is 12.9. The number of carbonyl (C=O) groups is 1. The summed E-state index contributed by atoms with van der Waals surface area (Å²) >= 11 is 0. The zero-order valence-electron chi connectivity index (χ0n) is 13.1. The molecule has 5 heteroatoms. The van der Waals surface area contributed by atoms with Crippen molar-refractivity contribution < 1.29 is 13.2 Å². The Morgan fingerprint density at radius 1 is 1.26 bits per heavy atom. The van der Waals surface area contributed by atoms with Crippen LogP contribution in [0.2, 0.25) is 0 Å². The lowest BCUT2D eigenvalue weighted by molar-refractivity contribution is 0.112. The van der Waals surface area contributed by atoms with Crippen LogP contribution in [0.15, 0.2) is 50.8 Å². The standard InChI is InChI=1S/C18H19NO3S/c1-2-15-11-19-18(14-6-4-3-5-7-14)16-9-8-13(12-20)10-17(16)23(15,21)22/h6,8-12H,2-5,7H2,1H3. The van der Waals surface area contributed by atoms with Crippen molar-refractivity contribution in [1.82, 2.24) is 0 Å². The number of allylic oxidation sites excluding steroid dienone is 3. The Balaban J connectivity index is 2.27. The SMILES string of the molecule is CCC1=CN=C(C2=CCCCC2)c2ccc(C=O)cc2S1(=O)=O. The Labute approximate surface area is 136 Å². The summed E-state index contributed by atoms with van der Waals surface area (Å²) in [6.07, 6.45) is 8.81. The normalized spacial score (nSPS) is 19.8. The summed E-state index contributed by atoms with van der Waals surface area (Å²) in [4.78, 5) is 16.1. The van der Waals surface area contributed by atoms with Crippen molar-refractivity contribution >= 4 is 21.8 Å². The number of aliphatic imine (C=N–C) groups is 1. The first kappa shape index (κ1) is 15.9. The van der Waals surface area contributed by atoms with E-state index in [4.69, 9.17) is 0 Å². The van der Waals surface area contributed by atoms with Crippen LogP contribution >= 0.6 is 0 Å². The van der Waals surface area contributed by atoms with Gasteiger partial charge < -0.3 is 0 Å². The van der Waals surface area contributed by atoms with E-state index in [2.05, 4.69) is 11.1 Å². The molecule has 1 aromatic carbocycles. The number of hydrogen-bond donors (Lipinski definition) is 0. The molecule has 0 bridgehead atoms. The monoisotopic (exact) mass is 329 g/mol. The molecule has 4 nitrogen and oxygen atoms in total. The topological polar surface area (TPSA) is 63.6 Å². The van der Waals surface area contributed by atoms with Crippen molar-refractivity contribution in [3.8, 4) is 0 Å². The van der Waals surface area contributed by atoms with Gasteiger partial charge in [-0.2, -0.15) is 0 Å². The molecule has 0 aromatic heterocycles. The van der Waals surface area contributed by atoms with E-state index in [1.807, 2.05) is 0 Å². The average molecular weight is 329 g/mol. The number of carbonyl (C=O) groups excluding carboxylic acids is 1. The molecule has 0 atom stereocenters. The average Bonchev–Trinajstić information content (AvgIpc) is 2.69. The minimum atomic E-state index is -3.61. The van der Waals surface area contributed by atoms with E-state index < -0.39 is 9.84 Å². The van der Waals surface area contributed by atoms with Crippen molar-refractivity contribution in [3.05, 3.63) is 52.1 Å². The maximum Gasteiger partial charge on any atom is 0.204 e. The molecule has 3 rings (SSSR count). The fourth-order valence-corrected chi connectivity index (χ4v) is 4.64. The zero-order valence-corrected chi connectivity index (χ0v) is 13.9. The molecule has 0 fully saturated rings. The van der Waals surface area contributed by atoms with Gasteiger partial charge in [-0.05, 0) is 43.7 Å². The molecule has 0 spiro atoms. The molecule has 1 aromatic rings. The van der Waals surface area contributed by atoms with Gasteiger partial charge in [0.05, 0.1) is 15.5 Å². The molecule has 0 N–H and O–H groups in total. The van der Waals surface area contributed by atoms with E-state index in [1.165, 1.54) is 12.3 Å². The van der Waals surface area contributed by atoms with Gasteiger partial charge in [-0.15, -0.1) is 0 Å². The summed E-state index contributed by atoms with van der Waals surface area (Å²) < 4.78 is 25.7. The summed E-state index contributed by atoms with van der Waals surface area (Å²) in [5.74, 6) is 0. The number of nitrogens with zero attached hydrogens (tertiary/aromatic N) is 1. The Kier molecular flexibility index (Phi) is 4.31. The maximum atomic E-state index is 12.9. The number of aldehydes is 1. The summed E-state index contributed by atoms with van der Waals surface area (Å²) in [5, 5.41) is 0. The largest absolute Gasteiger partial charge is 0.298 e. The molecular formula is C18H19NO3S. The van der Waals surface area contributed by atoms with Crippen molar-refractivity contribution in [2.75, 3.05) is 0 Å². The van der Waals surface area contributed by atoms with E-state index in [-0.39, 0.29) is 9.80 Å². The van der Waals surface area contributed by atoms with E-state index >= 15 is 0 Å². The molecule has 0 saturated carbocycles. The molecule has 2 aliphatic rings. The lowest BCUT2D eigenvalue weighted by atomic mass is 9.92. The van der Waals surface area contributed by atoms with Crippen molar-refractivity contribution in [2.45, 2.75) is 43.9 Å². The number of hydrogen-bond acceptors (Lipinski definition) is 4. The lowest BCUT2D eigenvalue weighted by Crippen LogP contribution is -2.13. The Bertz CT molecular complexity index is 845. The molecule has 0 radical (unpaired) electrons. The minimum Gasteiger partial charge on any atom is -0.298 e. The predicted octanol–water partition coefficient (Wildman–Crippen LogP) is 3.83. The Morgan fingerprint density at radius 3 is 2.74 bits per heavy atom. The van der Waals surface area contributed by atoms with Crippen LogP contribution in [0.5, 0.6) is 0 Å². The highest BCUT2D eigenvalue weighted by molar-refractivity contribution is 7.95. The van der Waals surface area contributed by atoms with Gasteiger partial charge in [0, 0.05) is 17.3 Å². The van der Waals surface area contributed by atoms with E-state index in [0.29, 0.717) is 23.8 Å². The van der Waals surface area contributed by atoms with E-state index in [9.17, 15) is 13.2 Å². The van der Waals surface area contributed by atoms with Crippen molar-refractivity contribution in [3.63, 3.8) is 0 Å². The first-order valence-corrected chi connectivity index (χ1v) is 9.37. The second-order valence-electron chi connectivity index (χ2n) is 5.78. The van der Waals surface area contributed by atoms with Crippen LogP contribution < -0.4 is 0 Å². The molecule has 23 heavy (non-hydrogen) atoms. The second-order valence-corrected chi connectivity index (χ2v) is 7.75. The van der Waals surface area contributed by atoms with Gasteiger partial charge in [0.2, 0.25) is 9.84 Å². The van der Waals surface area contributed by atoms with Crippen LogP contribution in [0.1, 0.15) is 54.9 Å². The van der Waals surface area contributed by atoms with Gasteiger partial charge in [0.15, 0.2) is 0 Å². The third-order valence-corrected chi connectivity index (χ3v) is 6.31. The smallest absolute Gasteiger partial charge is 0.204 e. The summed E-state index contributed by atoms with van der Waals surface area (Å²) in [5.41, 5.74) is 2.79. The van der Waals surface area contributed by atoms with Crippen LogP contribution in [0.4, 0.5) is 0 Å². The molecule has 1 aliphatic carbocycles. The van der Waals surface area contributed by atoms with E-state index in [1.54, 1.807) is 19.1 Å². The lowest BCUT2D eigenvalue weighted by Gasteiger charge is -2.16. The molecule has 1 aliphatic heterocycles. The fraction of sp³-hybridized carbons (Fsp3) is 0.333. The Hall–Kier alpha value is -2.01. The van der Waals surface area contributed by atoms with Gasteiger partial charge in [-0.3, -0.25) is 9.79 Å². The molecule has 1 heterocycles. The predicted molar refractivity (Wildman–Crippen MR) is 90.5 cm³/mol. The molecule has 120 valence electrons. The van der Waals surface area contributed by atoms with Crippen LogP contribution in [0, 0.1) is 0 Å². The third kappa shape index (κ3) is 2.81. The van der Waals surface area contributed by atoms with Crippen LogP contribution in [0.3, 0.4) is 0 Å². The minimum absolute atomic E-state index is 0.193. The van der Waals surface area contributed by atoms with Crippen LogP contribution in [-0.4, -0.2) is 20.4 Å². The molecular weight excluding hydrogens is 310 g/mol. The third-order valence-electron chi connectivity index (χ3n) is 4.31. The summed E-state index contributed by atoms with van der Waals surface area (Å²) in [6, 6.07) is 4.82. The number of rotatable bonds is 3. The fourth-order valence-electron chi connectivity index (χ4n) is 3.04. The van der Waals surface area contributed by atoms with Crippen molar-refractivity contribution in [2.24, 2.45) is 4.99 Å². The summed E-state index contributed by atoms with van der Waals surface area (Å²) in [7, 11) is -3.61. The first-order chi connectivity index (χ1) is 11.1. The van der Waals surface area contributed by atoms with E-state index in [0.717, 1.165) is 37.0 Å². The summed E-state index contributed by atoms with van der Waals surface area (Å²) in [6.45, 7) is 1.80. The highest BCUT2D eigenvalue weighted by Crippen LogP contribution is 2.32. The van der Waals surface area contributed by atoms with Crippen LogP contribution in [0.25, 0.3) is 0 Å². The quantitative estimate of drug-likeness (QED) is 0.792. The van der Waals surface area contributed by atoms with Crippen molar-refractivity contribution in [1.29, 1.82) is 0 Å². The highest BCUT2D eigenvalue weighted by atomic mass is 32.2. The Morgan fingerprint density at radius 2 is 2.09 bits per heavy atom. The molecule has 0 unspecified atom stereocenters. The number of sulfone groups is 1. The van der Waals surface area contributed by atoms with Crippen LogP contribution in [-0.2, 0) is 9.84 Å². The zero-order chi connectivity index (χ0) is 16.4. The van der Waals surface area contributed by atoms with Gasteiger partial charge >= 0.3 is 0 Å². The van der Waals surface area contributed by atoms with Gasteiger partial charge in [0.1, 0.15) is 6.29 Å².